The Labute approximate surface area is 185 Å². The number of nitro benzene ring substituents is 1. The van der Waals surface area contributed by atoms with E-state index in [0.29, 0.717) is 11.7 Å². The van der Waals surface area contributed by atoms with Crippen LogP contribution in [0.5, 0.6) is 0 Å². The lowest BCUT2D eigenvalue weighted by Crippen LogP contribution is -2.33. The molecule has 1 heterocycles. The molecule has 2 aromatic carbocycles. The van der Waals surface area contributed by atoms with Gasteiger partial charge in [0.1, 0.15) is 0 Å². The minimum Gasteiger partial charge on any atom is -0.309 e. The largest absolute Gasteiger partial charge is 0.309 e. The molecule has 0 saturated heterocycles. The number of carbonyl (C=O) groups excluding carboxylic acids is 1. The molecule has 0 aliphatic heterocycles. The monoisotopic (exact) mass is 448 g/mol. The molecule has 160 valence electrons. The highest BCUT2D eigenvalue weighted by Gasteiger charge is 2.23. The molecule has 0 unspecified atom stereocenters. The Morgan fingerprint density at radius 3 is 2.57 bits per heavy atom. The molecule has 0 aliphatic carbocycles. The quantitative estimate of drug-likeness (QED) is 0.381. The molecule has 0 spiro atoms. The highest BCUT2D eigenvalue weighted by molar-refractivity contribution is 7.22. The average Bonchev–Trinajstić information content (AvgIpc) is 3.08. The lowest BCUT2D eigenvalue weighted by molar-refractivity contribution is -0.384. The summed E-state index contributed by atoms with van der Waals surface area (Å²) < 4.78 is 1.03. The van der Waals surface area contributed by atoms with Crippen LogP contribution in [-0.2, 0) is 0 Å². The number of thiazole rings is 1. The number of nitro groups is 1. The first-order valence-corrected chi connectivity index (χ1v) is 10.2. The van der Waals surface area contributed by atoms with E-state index in [9.17, 15) is 14.9 Å². The molecule has 0 saturated carbocycles. The maximum absolute atomic E-state index is 13.3. The van der Waals surface area contributed by atoms with E-state index in [0.717, 1.165) is 34.3 Å². The summed E-state index contributed by atoms with van der Waals surface area (Å²) in [7, 11) is 3.97. The van der Waals surface area contributed by atoms with Crippen LogP contribution in [0, 0.1) is 24.0 Å². The Balaban J connectivity index is 0.00000320. The van der Waals surface area contributed by atoms with Crippen molar-refractivity contribution in [1.82, 2.24) is 9.88 Å². The van der Waals surface area contributed by atoms with E-state index in [1.165, 1.54) is 29.5 Å². The van der Waals surface area contributed by atoms with E-state index in [4.69, 9.17) is 4.98 Å². The number of aromatic nitrogens is 1. The number of non-ortho nitro benzene ring substituents is 1. The molecule has 0 N–H and O–H groups in total. The molecule has 0 radical (unpaired) electrons. The van der Waals surface area contributed by atoms with Gasteiger partial charge in [-0.1, -0.05) is 23.5 Å². The van der Waals surface area contributed by atoms with Crippen molar-refractivity contribution in [2.24, 2.45) is 0 Å². The van der Waals surface area contributed by atoms with Crippen LogP contribution in [0.4, 0.5) is 10.8 Å². The molecular formula is C21H25ClN4O3S. The summed E-state index contributed by atoms with van der Waals surface area (Å²) in [6.45, 7) is 5.35. The van der Waals surface area contributed by atoms with Crippen LogP contribution < -0.4 is 4.90 Å². The molecule has 7 nitrogen and oxygen atoms in total. The second kappa shape index (κ2) is 9.97. The average molecular weight is 449 g/mol. The van der Waals surface area contributed by atoms with Gasteiger partial charge in [0.25, 0.3) is 11.6 Å². The standard InChI is InChI=1S/C21H24N4O3S.ClH/c1-14-11-15(2)19-18(12-14)29-21(22-19)24(10-6-9-23(3)4)20(26)16-7-5-8-17(13-16)25(27)28;/h5,7-8,11-13H,6,9-10H2,1-4H3;1H. The minimum atomic E-state index is -0.489. The number of hydrogen-bond acceptors (Lipinski definition) is 6. The fourth-order valence-electron chi connectivity index (χ4n) is 3.21. The van der Waals surface area contributed by atoms with Crippen molar-refractivity contribution < 1.29 is 9.72 Å². The number of carbonyl (C=O) groups is 1. The van der Waals surface area contributed by atoms with Gasteiger partial charge < -0.3 is 4.90 Å². The summed E-state index contributed by atoms with van der Waals surface area (Å²) in [5.41, 5.74) is 3.30. The number of amides is 1. The summed E-state index contributed by atoms with van der Waals surface area (Å²) in [5.74, 6) is -0.277. The van der Waals surface area contributed by atoms with Crippen LogP contribution in [0.1, 0.15) is 27.9 Å². The molecular weight excluding hydrogens is 424 g/mol. The number of benzene rings is 2. The molecule has 1 amide bonds. The molecule has 0 aliphatic rings. The number of anilines is 1. The van der Waals surface area contributed by atoms with Crippen LogP contribution in [-0.4, -0.2) is 47.9 Å². The summed E-state index contributed by atoms with van der Waals surface area (Å²) >= 11 is 1.47. The highest BCUT2D eigenvalue weighted by Crippen LogP contribution is 2.32. The van der Waals surface area contributed by atoms with Gasteiger partial charge in [-0.15, -0.1) is 12.4 Å². The van der Waals surface area contributed by atoms with Gasteiger partial charge >= 0.3 is 0 Å². The maximum Gasteiger partial charge on any atom is 0.270 e. The van der Waals surface area contributed by atoms with Crippen molar-refractivity contribution >= 4 is 50.7 Å². The predicted molar refractivity (Wildman–Crippen MR) is 124 cm³/mol. The number of nitrogens with zero attached hydrogens (tertiary/aromatic N) is 4. The molecule has 30 heavy (non-hydrogen) atoms. The second-order valence-corrected chi connectivity index (χ2v) is 8.36. The van der Waals surface area contributed by atoms with Gasteiger partial charge in [-0.3, -0.25) is 19.8 Å². The van der Waals surface area contributed by atoms with Gasteiger partial charge in [0, 0.05) is 24.2 Å². The minimum absolute atomic E-state index is 0. The first-order chi connectivity index (χ1) is 13.8. The second-order valence-electron chi connectivity index (χ2n) is 7.35. The number of fused-ring (bicyclic) bond motifs is 1. The van der Waals surface area contributed by atoms with Crippen LogP contribution in [0.3, 0.4) is 0 Å². The smallest absolute Gasteiger partial charge is 0.270 e. The normalized spacial score (nSPS) is 10.8. The van der Waals surface area contributed by atoms with Gasteiger partial charge in [-0.05, 0) is 64.2 Å². The van der Waals surface area contributed by atoms with Crippen molar-refractivity contribution in [2.45, 2.75) is 20.3 Å². The third-order valence-corrected chi connectivity index (χ3v) is 5.61. The SMILES string of the molecule is Cc1cc(C)c2nc(N(CCCN(C)C)C(=O)c3cccc([N+](=O)[O-])c3)sc2c1.Cl. The van der Waals surface area contributed by atoms with Crippen molar-refractivity contribution in [3.05, 3.63) is 63.2 Å². The number of hydrogen-bond donors (Lipinski definition) is 0. The van der Waals surface area contributed by atoms with E-state index < -0.39 is 4.92 Å². The Morgan fingerprint density at radius 1 is 1.17 bits per heavy atom. The first-order valence-electron chi connectivity index (χ1n) is 9.35. The third-order valence-electron chi connectivity index (χ3n) is 4.59. The molecule has 0 bridgehead atoms. The molecule has 3 rings (SSSR count). The summed E-state index contributed by atoms with van der Waals surface area (Å²) in [5, 5.41) is 11.7. The van der Waals surface area contributed by atoms with E-state index in [1.54, 1.807) is 11.0 Å². The topological polar surface area (TPSA) is 79.6 Å². The molecule has 9 heteroatoms. The molecule has 1 aromatic heterocycles. The van der Waals surface area contributed by atoms with E-state index >= 15 is 0 Å². The van der Waals surface area contributed by atoms with Gasteiger partial charge in [0.05, 0.1) is 15.1 Å². The van der Waals surface area contributed by atoms with Gasteiger partial charge in [0.15, 0.2) is 5.13 Å². The highest BCUT2D eigenvalue weighted by atomic mass is 35.5. The lowest BCUT2D eigenvalue weighted by atomic mass is 10.1. The predicted octanol–water partition coefficient (Wildman–Crippen LogP) is 4.84. The zero-order valence-corrected chi connectivity index (χ0v) is 19.0. The Bertz CT molecular complexity index is 1070. The van der Waals surface area contributed by atoms with E-state index in [1.807, 2.05) is 27.9 Å². The van der Waals surface area contributed by atoms with Gasteiger partial charge in [-0.25, -0.2) is 4.98 Å². The van der Waals surface area contributed by atoms with Crippen LogP contribution in [0.25, 0.3) is 10.2 Å². The Kier molecular flexibility index (Phi) is 7.89. The van der Waals surface area contributed by atoms with Crippen LogP contribution in [0.15, 0.2) is 36.4 Å². The number of halogens is 1. The summed E-state index contributed by atoms with van der Waals surface area (Å²) in [6, 6.07) is 10.00. The fraction of sp³-hybridized carbons (Fsp3) is 0.333. The first kappa shape index (κ1) is 23.7. The van der Waals surface area contributed by atoms with Crippen LogP contribution in [0.2, 0.25) is 0 Å². The van der Waals surface area contributed by atoms with Crippen molar-refractivity contribution in [2.75, 3.05) is 32.1 Å². The van der Waals surface area contributed by atoms with Crippen LogP contribution >= 0.6 is 23.7 Å². The zero-order chi connectivity index (χ0) is 21.1. The van der Waals surface area contributed by atoms with Gasteiger partial charge in [-0.2, -0.15) is 0 Å². The van der Waals surface area contributed by atoms with E-state index in [2.05, 4.69) is 17.0 Å². The summed E-state index contributed by atoms with van der Waals surface area (Å²) in [6.07, 6.45) is 0.765. The van der Waals surface area contributed by atoms with Gasteiger partial charge in [0.2, 0.25) is 0 Å². The van der Waals surface area contributed by atoms with E-state index in [-0.39, 0.29) is 29.6 Å². The zero-order valence-electron chi connectivity index (χ0n) is 17.4. The van der Waals surface area contributed by atoms with Crippen molar-refractivity contribution in [1.29, 1.82) is 0 Å². The Hall–Kier alpha value is -2.55. The molecule has 3 aromatic rings. The fourth-order valence-corrected chi connectivity index (χ4v) is 4.38. The Morgan fingerprint density at radius 2 is 1.90 bits per heavy atom. The van der Waals surface area contributed by atoms with Crippen molar-refractivity contribution in [3.8, 4) is 0 Å². The number of aryl methyl sites for hydroxylation is 2. The third kappa shape index (κ3) is 5.33. The van der Waals surface area contributed by atoms with Crippen molar-refractivity contribution in [3.63, 3.8) is 0 Å². The summed E-state index contributed by atoms with van der Waals surface area (Å²) in [4.78, 5) is 32.3. The number of rotatable bonds is 7. The molecule has 0 atom stereocenters. The molecule has 0 fully saturated rings. The maximum atomic E-state index is 13.3. The lowest BCUT2D eigenvalue weighted by Gasteiger charge is -2.21.